The SMILES string of the molecule is CC1=C2C(=N[C@]13C(=O)N(c1ccccc1)N=C3c1ccccc1)S/C(=C\C(=O)c1ccc(Br)cc1)C[C@@]2(O)c1ccc(Br)cc1. The van der Waals surface area contributed by atoms with E-state index in [0.29, 0.717) is 43.6 Å². The number of hydrogen-bond donors (Lipinski definition) is 1. The summed E-state index contributed by atoms with van der Waals surface area (Å²) in [5.41, 5.74) is 1.14. The largest absolute Gasteiger partial charge is 0.380 e. The summed E-state index contributed by atoms with van der Waals surface area (Å²) in [4.78, 5) is 33.8. The Morgan fingerprint density at radius 2 is 1.49 bits per heavy atom. The van der Waals surface area contributed by atoms with Crippen LogP contribution in [0.25, 0.3) is 0 Å². The maximum atomic E-state index is 14.6. The molecule has 0 aliphatic carbocycles. The molecule has 0 unspecified atom stereocenters. The van der Waals surface area contributed by atoms with Crippen LogP contribution in [-0.2, 0) is 10.4 Å². The molecule has 4 aromatic carbocycles. The fraction of sp³-hybridized carbons (Fsp3) is 0.111. The van der Waals surface area contributed by atoms with Gasteiger partial charge in [-0.1, -0.05) is 104 Å². The number of fused-ring (bicyclic) bond motifs is 1. The average Bonchev–Trinajstić information content (AvgIpc) is 3.51. The number of ketones is 1. The van der Waals surface area contributed by atoms with E-state index >= 15 is 0 Å². The van der Waals surface area contributed by atoms with Crippen molar-refractivity contribution in [2.24, 2.45) is 10.1 Å². The molecule has 222 valence electrons. The van der Waals surface area contributed by atoms with Crippen LogP contribution in [0.15, 0.2) is 150 Å². The van der Waals surface area contributed by atoms with Gasteiger partial charge in [-0.05, 0) is 77.6 Å². The predicted molar refractivity (Wildman–Crippen MR) is 187 cm³/mol. The molecule has 0 bridgehead atoms. The van der Waals surface area contributed by atoms with Crippen molar-refractivity contribution in [1.82, 2.24) is 0 Å². The highest BCUT2D eigenvalue weighted by atomic mass is 79.9. The van der Waals surface area contributed by atoms with E-state index in [9.17, 15) is 14.7 Å². The zero-order valence-electron chi connectivity index (χ0n) is 23.9. The van der Waals surface area contributed by atoms with E-state index in [1.165, 1.54) is 16.8 Å². The molecular weight excluding hydrogens is 714 g/mol. The highest BCUT2D eigenvalue weighted by molar-refractivity contribution is 9.10. The fourth-order valence-corrected chi connectivity index (χ4v) is 7.94. The Morgan fingerprint density at radius 1 is 0.889 bits per heavy atom. The first-order chi connectivity index (χ1) is 21.7. The van der Waals surface area contributed by atoms with Gasteiger partial charge >= 0.3 is 0 Å². The molecule has 45 heavy (non-hydrogen) atoms. The van der Waals surface area contributed by atoms with Crippen molar-refractivity contribution in [1.29, 1.82) is 0 Å². The van der Waals surface area contributed by atoms with Gasteiger partial charge in [-0.3, -0.25) is 9.59 Å². The number of carbonyl (C=O) groups excluding carboxylic acids is 2. The number of aliphatic imine (C=N–C) groups is 1. The van der Waals surface area contributed by atoms with E-state index < -0.39 is 11.1 Å². The number of hydrogen-bond acceptors (Lipinski definition) is 6. The topological polar surface area (TPSA) is 82.3 Å². The van der Waals surface area contributed by atoms with Gasteiger partial charge in [0.15, 0.2) is 5.78 Å². The summed E-state index contributed by atoms with van der Waals surface area (Å²) in [6.45, 7) is 1.86. The summed E-state index contributed by atoms with van der Waals surface area (Å²) < 4.78 is 1.74. The molecule has 1 N–H and O–H groups in total. The molecule has 0 aromatic heterocycles. The number of halogens is 2. The van der Waals surface area contributed by atoms with Gasteiger partial charge in [0.1, 0.15) is 16.4 Å². The third kappa shape index (κ3) is 4.98. The molecule has 0 saturated carbocycles. The Balaban J connectivity index is 1.42. The van der Waals surface area contributed by atoms with Gasteiger partial charge in [-0.25, -0.2) is 4.99 Å². The van der Waals surface area contributed by atoms with Gasteiger partial charge in [0, 0.05) is 32.1 Å². The lowest BCUT2D eigenvalue weighted by Gasteiger charge is -2.36. The lowest BCUT2D eigenvalue weighted by molar-refractivity contribution is -0.119. The number of hydrazone groups is 1. The standard InChI is InChI=1S/C36H25Br2N3O3S/c1-22-31-33(39-36(22)32(24-8-4-2-5-9-24)40-41(34(36)43)28-10-6-3-7-11-28)45-29(20-30(42)23-12-16-26(37)17-13-23)21-35(31,44)25-14-18-27(38)19-15-25/h2-20,44H,21H2,1H3/b29-20-/t35-,36-/m1/s1. The fourth-order valence-electron chi connectivity index (χ4n) is 6.11. The summed E-state index contributed by atoms with van der Waals surface area (Å²) >= 11 is 8.24. The lowest BCUT2D eigenvalue weighted by atomic mass is 9.76. The summed E-state index contributed by atoms with van der Waals surface area (Å²) in [5.74, 6) is -0.506. The number of nitrogens with zero attached hydrogens (tertiary/aromatic N) is 3. The summed E-state index contributed by atoms with van der Waals surface area (Å²) in [7, 11) is 0. The molecule has 7 rings (SSSR count). The minimum absolute atomic E-state index is 0.137. The van der Waals surface area contributed by atoms with Crippen LogP contribution in [0.4, 0.5) is 5.69 Å². The zero-order valence-corrected chi connectivity index (χ0v) is 27.9. The molecule has 3 heterocycles. The molecular formula is C36H25Br2N3O3S. The van der Waals surface area contributed by atoms with Gasteiger partial charge in [0.2, 0.25) is 5.54 Å². The van der Waals surface area contributed by atoms with Crippen molar-refractivity contribution in [2.75, 3.05) is 5.01 Å². The predicted octanol–water partition coefficient (Wildman–Crippen LogP) is 8.22. The van der Waals surface area contributed by atoms with Gasteiger partial charge in [0.25, 0.3) is 5.91 Å². The minimum atomic E-state index is -1.56. The molecule has 2 atom stereocenters. The number of carbonyl (C=O) groups is 2. The van der Waals surface area contributed by atoms with Crippen LogP contribution in [0.2, 0.25) is 0 Å². The van der Waals surface area contributed by atoms with E-state index in [2.05, 4.69) is 31.9 Å². The number of allylic oxidation sites excluding steroid dienone is 1. The van der Waals surface area contributed by atoms with Crippen molar-refractivity contribution < 1.29 is 14.7 Å². The number of para-hydroxylation sites is 1. The Hall–Kier alpha value is -3.89. The number of benzene rings is 4. The van der Waals surface area contributed by atoms with E-state index in [1.807, 2.05) is 104 Å². The average molecular weight is 739 g/mol. The molecule has 6 nitrogen and oxygen atoms in total. The van der Waals surface area contributed by atoms with Crippen LogP contribution in [0.5, 0.6) is 0 Å². The first-order valence-electron chi connectivity index (χ1n) is 14.2. The molecule has 1 fully saturated rings. The Morgan fingerprint density at radius 3 is 2.13 bits per heavy atom. The van der Waals surface area contributed by atoms with Gasteiger partial charge in [0.05, 0.1) is 5.69 Å². The first kappa shape index (κ1) is 29.8. The maximum Gasteiger partial charge on any atom is 0.285 e. The number of rotatable bonds is 5. The van der Waals surface area contributed by atoms with Crippen molar-refractivity contribution in [3.8, 4) is 0 Å². The van der Waals surface area contributed by atoms with Crippen molar-refractivity contribution in [3.63, 3.8) is 0 Å². The number of amides is 1. The van der Waals surface area contributed by atoms with Crippen LogP contribution in [0.3, 0.4) is 0 Å². The van der Waals surface area contributed by atoms with Gasteiger partial charge < -0.3 is 5.11 Å². The van der Waals surface area contributed by atoms with Gasteiger partial charge in [-0.15, -0.1) is 0 Å². The Bertz CT molecular complexity index is 1970. The first-order valence-corrected chi connectivity index (χ1v) is 16.6. The van der Waals surface area contributed by atoms with Crippen LogP contribution in [-0.4, -0.2) is 33.1 Å². The van der Waals surface area contributed by atoms with Gasteiger partial charge in [-0.2, -0.15) is 10.1 Å². The number of anilines is 1. The summed E-state index contributed by atoms with van der Waals surface area (Å²) in [6.07, 6.45) is 1.70. The highest BCUT2D eigenvalue weighted by Gasteiger charge is 2.61. The second kappa shape index (κ2) is 11.5. The third-order valence-corrected chi connectivity index (χ3v) is 10.4. The highest BCUT2D eigenvalue weighted by Crippen LogP contribution is 2.55. The molecule has 1 spiro atoms. The quantitative estimate of drug-likeness (QED) is 0.165. The minimum Gasteiger partial charge on any atom is -0.380 e. The molecule has 4 aromatic rings. The second-order valence-electron chi connectivity index (χ2n) is 11.0. The van der Waals surface area contributed by atoms with E-state index in [4.69, 9.17) is 10.1 Å². The lowest BCUT2D eigenvalue weighted by Crippen LogP contribution is -2.46. The summed E-state index contributed by atoms with van der Waals surface area (Å²) in [5, 5.41) is 19.5. The third-order valence-electron chi connectivity index (χ3n) is 8.31. The monoisotopic (exact) mass is 737 g/mol. The maximum absolute atomic E-state index is 14.6. The number of aliphatic hydroxyl groups is 1. The molecule has 3 aliphatic rings. The van der Waals surface area contributed by atoms with Crippen LogP contribution < -0.4 is 5.01 Å². The van der Waals surface area contributed by atoms with E-state index in [-0.39, 0.29) is 18.1 Å². The second-order valence-corrected chi connectivity index (χ2v) is 14.0. The van der Waals surface area contributed by atoms with Crippen LogP contribution in [0, 0.1) is 0 Å². The Labute approximate surface area is 281 Å². The molecule has 0 radical (unpaired) electrons. The van der Waals surface area contributed by atoms with Crippen LogP contribution in [0.1, 0.15) is 34.8 Å². The zero-order chi connectivity index (χ0) is 31.3. The Kier molecular flexibility index (Phi) is 7.60. The summed E-state index contributed by atoms with van der Waals surface area (Å²) in [6, 6.07) is 33.4. The van der Waals surface area contributed by atoms with Crippen LogP contribution >= 0.6 is 43.6 Å². The van der Waals surface area contributed by atoms with Crippen molar-refractivity contribution in [2.45, 2.75) is 24.5 Å². The normalized spacial score (nSPS) is 23.4. The molecule has 3 aliphatic heterocycles. The van der Waals surface area contributed by atoms with E-state index in [1.54, 1.807) is 18.2 Å². The van der Waals surface area contributed by atoms with Crippen molar-refractivity contribution >= 4 is 71.8 Å². The van der Waals surface area contributed by atoms with Crippen molar-refractivity contribution in [3.05, 3.63) is 157 Å². The molecule has 1 saturated heterocycles. The molecule has 9 heteroatoms. The number of thioether (sulfide) groups is 1. The van der Waals surface area contributed by atoms with E-state index in [0.717, 1.165) is 14.5 Å². The molecule has 1 amide bonds. The smallest absolute Gasteiger partial charge is 0.285 e.